The van der Waals surface area contributed by atoms with Crippen molar-refractivity contribution in [3.05, 3.63) is 71.3 Å². The first-order valence-electron chi connectivity index (χ1n) is 8.43. The molecule has 0 spiro atoms. The Kier molecular flexibility index (Phi) is 4.07. The van der Waals surface area contributed by atoms with E-state index >= 15 is 0 Å². The van der Waals surface area contributed by atoms with E-state index in [2.05, 4.69) is 99.5 Å². The third-order valence-electron chi connectivity index (χ3n) is 4.46. The highest BCUT2D eigenvalue weighted by Gasteiger charge is 2.41. The summed E-state index contributed by atoms with van der Waals surface area (Å²) < 4.78 is 0. The first kappa shape index (κ1) is 16.2. The quantitative estimate of drug-likeness (QED) is 0.741. The fraction of sp³-hybridized carbons (Fsp3) is 0.333. The molecule has 2 aromatic rings. The van der Waals surface area contributed by atoms with Crippen molar-refractivity contribution in [1.29, 1.82) is 0 Å². The number of fused-ring (bicyclic) bond motifs is 1. The van der Waals surface area contributed by atoms with E-state index < -0.39 is 8.24 Å². The van der Waals surface area contributed by atoms with Crippen LogP contribution in [0.1, 0.15) is 43.0 Å². The molecule has 0 saturated carbocycles. The molecule has 1 unspecified atom stereocenters. The summed E-state index contributed by atoms with van der Waals surface area (Å²) in [7, 11) is -1.72. The summed E-state index contributed by atoms with van der Waals surface area (Å²) in [6.45, 7) is 11.7. The van der Waals surface area contributed by atoms with Gasteiger partial charge in [-0.05, 0) is 43.0 Å². The van der Waals surface area contributed by atoms with Crippen molar-refractivity contribution >= 4 is 19.9 Å². The second-order valence-corrected chi connectivity index (χ2v) is 12.4. The Morgan fingerprint density at radius 2 is 1.48 bits per heavy atom. The lowest BCUT2D eigenvalue weighted by molar-refractivity contribution is 0.509. The topological polar surface area (TPSA) is 12.0 Å². The van der Waals surface area contributed by atoms with E-state index in [1.807, 2.05) is 0 Å². The Hall–Kier alpha value is -1.64. The van der Waals surface area contributed by atoms with Gasteiger partial charge in [0.05, 0.1) is 0 Å². The molecule has 0 fully saturated rings. The number of rotatable bonds is 3. The molecule has 0 bridgehead atoms. The second-order valence-electron chi connectivity index (χ2n) is 8.12. The smallest absolute Gasteiger partial charge is 0.131 e. The standard InChI is InChI=1S/C21H27NSi/c1-21(2,3)22-23(4,5)20-18-14-10-9-13-17(18)15-19(20)16-11-7-6-8-12-16/h6-15,20,22H,1-5H3. The van der Waals surface area contributed by atoms with Gasteiger partial charge < -0.3 is 4.98 Å². The van der Waals surface area contributed by atoms with Gasteiger partial charge in [0.15, 0.2) is 0 Å². The highest BCUT2D eigenvalue weighted by Crippen LogP contribution is 2.46. The van der Waals surface area contributed by atoms with Crippen LogP contribution in [0, 0.1) is 0 Å². The van der Waals surface area contributed by atoms with Crippen molar-refractivity contribution in [2.24, 2.45) is 0 Å². The number of allylic oxidation sites excluding steroid dienone is 1. The van der Waals surface area contributed by atoms with Crippen molar-refractivity contribution in [3.63, 3.8) is 0 Å². The van der Waals surface area contributed by atoms with Gasteiger partial charge in [0.25, 0.3) is 0 Å². The molecule has 2 heteroatoms. The van der Waals surface area contributed by atoms with Gasteiger partial charge in [0.2, 0.25) is 0 Å². The zero-order chi connectivity index (χ0) is 16.7. The average molecular weight is 322 g/mol. The van der Waals surface area contributed by atoms with Crippen molar-refractivity contribution in [2.75, 3.05) is 0 Å². The number of nitrogens with one attached hydrogen (secondary N) is 1. The lowest BCUT2D eigenvalue weighted by Gasteiger charge is -2.39. The van der Waals surface area contributed by atoms with E-state index in [4.69, 9.17) is 0 Å². The number of benzene rings is 2. The molecule has 1 nitrogen and oxygen atoms in total. The monoisotopic (exact) mass is 321 g/mol. The second kappa shape index (κ2) is 5.77. The SMILES string of the molecule is CC(C)(C)N[Si](C)(C)C1C(c2ccccc2)=Cc2ccccc21. The minimum absolute atomic E-state index is 0.134. The summed E-state index contributed by atoms with van der Waals surface area (Å²) >= 11 is 0. The first-order valence-corrected chi connectivity index (χ1v) is 11.5. The predicted octanol–water partition coefficient (Wildman–Crippen LogP) is 5.46. The molecule has 2 aromatic carbocycles. The zero-order valence-electron chi connectivity index (χ0n) is 14.9. The van der Waals surface area contributed by atoms with Crippen LogP contribution >= 0.6 is 0 Å². The van der Waals surface area contributed by atoms with Crippen LogP contribution in [0.15, 0.2) is 54.6 Å². The van der Waals surface area contributed by atoms with Crippen LogP contribution < -0.4 is 4.98 Å². The van der Waals surface area contributed by atoms with Gasteiger partial charge in [0, 0.05) is 11.1 Å². The van der Waals surface area contributed by atoms with Crippen molar-refractivity contribution in [2.45, 2.75) is 44.9 Å². The Morgan fingerprint density at radius 1 is 0.870 bits per heavy atom. The summed E-state index contributed by atoms with van der Waals surface area (Å²) in [5.74, 6) is 0. The fourth-order valence-corrected chi connectivity index (χ4v) is 8.17. The van der Waals surface area contributed by atoms with Crippen molar-refractivity contribution in [3.8, 4) is 0 Å². The maximum Gasteiger partial charge on any atom is 0.131 e. The molecule has 0 heterocycles. The summed E-state index contributed by atoms with van der Waals surface area (Å²) in [6.07, 6.45) is 2.40. The van der Waals surface area contributed by atoms with Crippen LogP contribution in [0.4, 0.5) is 0 Å². The van der Waals surface area contributed by atoms with Crippen LogP contribution in [-0.2, 0) is 0 Å². The van der Waals surface area contributed by atoms with Gasteiger partial charge in [-0.25, -0.2) is 0 Å². The summed E-state index contributed by atoms with van der Waals surface area (Å²) in [6, 6.07) is 19.7. The van der Waals surface area contributed by atoms with E-state index in [0.29, 0.717) is 5.54 Å². The first-order chi connectivity index (χ1) is 10.8. The zero-order valence-corrected chi connectivity index (χ0v) is 15.9. The molecule has 0 saturated heterocycles. The van der Waals surface area contributed by atoms with Gasteiger partial charge in [-0.3, -0.25) is 0 Å². The van der Waals surface area contributed by atoms with Crippen molar-refractivity contribution in [1.82, 2.24) is 4.98 Å². The fourth-order valence-electron chi connectivity index (χ4n) is 4.02. The summed E-state index contributed by atoms with van der Waals surface area (Å²) in [5, 5.41) is 0. The molecule has 1 aliphatic carbocycles. The van der Waals surface area contributed by atoms with Crippen molar-refractivity contribution < 1.29 is 0 Å². The Bertz CT molecular complexity index is 723. The van der Waals surface area contributed by atoms with E-state index in [1.54, 1.807) is 0 Å². The molecule has 1 N–H and O–H groups in total. The molecule has 23 heavy (non-hydrogen) atoms. The Balaban J connectivity index is 2.09. The molecule has 1 atom stereocenters. The summed E-state index contributed by atoms with van der Waals surface area (Å²) in [5.41, 5.74) is 6.31. The predicted molar refractivity (Wildman–Crippen MR) is 104 cm³/mol. The van der Waals surface area contributed by atoms with Crippen LogP contribution in [0.25, 0.3) is 11.6 Å². The van der Waals surface area contributed by atoms with E-state index in [-0.39, 0.29) is 5.54 Å². The molecular formula is C21H27NSi. The van der Waals surface area contributed by atoms with Crippen LogP contribution in [-0.4, -0.2) is 13.8 Å². The maximum atomic E-state index is 3.98. The molecule has 0 amide bonds. The molecule has 0 aromatic heterocycles. The highest BCUT2D eigenvalue weighted by molar-refractivity contribution is 6.78. The number of hydrogen-bond acceptors (Lipinski definition) is 1. The molecule has 3 rings (SSSR count). The molecule has 1 aliphatic rings. The molecule has 120 valence electrons. The van der Waals surface area contributed by atoms with Gasteiger partial charge in [-0.1, -0.05) is 73.8 Å². The van der Waals surface area contributed by atoms with E-state index in [1.165, 1.54) is 22.3 Å². The largest absolute Gasteiger partial charge is 0.332 e. The van der Waals surface area contributed by atoms with Gasteiger partial charge >= 0.3 is 0 Å². The lowest BCUT2D eigenvalue weighted by atomic mass is 10.0. The molecule has 0 aliphatic heterocycles. The Morgan fingerprint density at radius 3 is 2.13 bits per heavy atom. The van der Waals surface area contributed by atoms with Crippen LogP contribution in [0.5, 0.6) is 0 Å². The van der Waals surface area contributed by atoms with Gasteiger partial charge in [0.1, 0.15) is 8.24 Å². The van der Waals surface area contributed by atoms with E-state index in [9.17, 15) is 0 Å². The minimum atomic E-state index is -1.72. The van der Waals surface area contributed by atoms with Gasteiger partial charge in [-0.15, -0.1) is 0 Å². The van der Waals surface area contributed by atoms with Gasteiger partial charge in [-0.2, -0.15) is 0 Å². The minimum Gasteiger partial charge on any atom is -0.332 e. The number of hydrogen-bond donors (Lipinski definition) is 1. The third-order valence-corrected chi connectivity index (χ3v) is 7.91. The Labute approximate surface area is 141 Å². The molecular weight excluding hydrogens is 294 g/mol. The maximum absolute atomic E-state index is 3.98. The lowest BCUT2D eigenvalue weighted by Crippen LogP contribution is -2.58. The average Bonchev–Trinajstić information content (AvgIpc) is 2.86. The summed E-state index contributed by atoms with van der Waals surface area (Å²) in [4.78, 5) is 3.98. The van der Waals surface area contributed by atoms with Crippen LogP contribution in [0.2, 0.25) is 13.1 Å². The van der Waals surface area contributed by atoms with E-state index in [0.717, 1.165) is 0 Å². The molecule has 0 radical (unpaired) electrons. The highest BCUT2D eigenvalue weighted by atomic mass is 28.3. The van der Waals surface area contributed by atoms with Crippen LogP contribution in [0.3, 0.4) is 0 Å². The normalized spacial score (nSPS) is 17.8. The third kappa shape index (κ3) is 3.33.